The van der Waals surface area contributed by atoms with Gasteiger partial charge in [0.1, 0.15) is 11.3 Å². The Labute approximate surface area is 108 Å². The number of guanidine groups is 1. The summed E-state index contributed by atoms with van der Waals surface area (Å²) in [5.74, 6) is -0.388. The standard InChI is InChI=1S/C12H13N5O2/c1-6-3-2-4-7-9(6)16-11(19)8(10(7)18)5-15-17-12(13)14/h2-5H,1H3,(H4,13,14,17)(H2,16,18,19)/b15-5+. The van der Waals surface area contributed by atoms with Crippen LogP contribution in [0.1, 0.15) is 11.1 Å². The van der Waals surface area contributed by atoms with Gasteiger partial charge >= 0.3 is 0 Å². The minimum absolute atomic E-state index is 0.00287. The highest BCUT2D eigenvalue weighted by atomic mass is 16.3. The molecule has 98 valence electrons. The van der Waals surface area contributed by atoms with Crippen LogP contribution in [0.2, 0.25) is 0 Å². The first-order chi connectivity index (χ1) is 9.00. The van der Waals surface area contributed by atoms with Gasteiger partial charge in [0.2, 0.25) is 5.96 Å². The van der Waals surface area contributed by atoms with Crippen molar-refractivity contribution in [3.63, 3.8) is 0 Å². The quantitative estimate of drug-likeness (QED) is 0.347. The van der Waals surface area contributed by atoms with Crippen molar-refractivity contribution in [3.8, 4) is 5.75 Å². The lowest BCUT2D eigenvalue weighted by Crippen LogP contribution is -2.22. The Morgan fingerprint density at radius 3 is 2.84 bits per heavy atom. The molecule has 1 aromatic heterocycles. The fourth-order valence-corrected chi connectivity index (χ4v) is 1.74. The minimum atomic E-state index is -0.464. The van der Waals surface area contributed by atoms with E-state index in [0.29, 0.717) is 10.9 Å². The highest BCUT2D eigenvalue weighted by Crippen LogP contribution is 2.25. The third kappa shape index (κ3) is 2.39. The number of H-pyrrole nitrogens is 1. The number of nitrogens with two attached hydrogens (primary N) is 2. The third-order valence-electron chi connectivity index (χ3n) is 2.63. The predicted molar refractivity (Wildman–Crippen MR) is 74.4 cm³/mol. The molecular weight excluding hydrogens is 246 g/mol. The van der Waals surface area contributed by atoms with Crippen molar-refractivity contribution in [1.82, 2.24) is 4.98 Å². The molecule has 0 fully saturated rings. The predicted octanol–water partition coefficient (Wildman–Crippen LogP) is 0.149. The van der Waals surface area contributed by atoms with Gasteiger partial charge in [0.25, 0.3) is 5.56 Å². The maximum absolute atomic E-state index is 11.9. The molecule has 0 unspecified atom stereocenters. The molecule has 0 atom stereocenters. The zero-order valence-corrected chi connectivity index (χ0v) is 10.2. The van der Waals surface area contributed by atoms with E-state index in [1.54, 1.807) is 12.1 Å². The molecule has 2 rings (SSSR count). The van der Waals surface area contributed by atoms with Crippen molar-refractivity contribution < 1.29 is 5.11 Å². The summed E-state index contributed by atoms with van der Waals surface area (Å²) in [6.45, 7) is 1.84. The van der Waals surface area contributed by atoms with Crippen molar-refractivity contribution in [2.75, 3.05) is 0 Å². The molecule has 0 saturated heterocycles. The number of para-hydroxylation sites is 1. The summed E-state index contributed by atoms with van der Waals surface area (Å²) in [5, 5.41) is 17.5. The van der Waals surface area contributed by atoms with Gasteiger partial charge in [-0.25, -0.2) is 0 Å². The first kappa shape index (κ1) is 12.6. The van der Waals surface area contributed by atoms with E-state index in [-0.39, 0.29) is 17.3 Å². The van der Waals surface area contributed by atoms with Gasteiger partial charge in [0, 0.05) is 5.39 Å². The van der Waals surface area contributed by atoms with E-state index in [2.05, 4.69) is 15.2 Å². The normalized spacial score (nSPS) is 11.0. The van der Waals surface area contributed by atoms with Crippen LogP contribution in [0.15, 0.2) is 33.2 Å². The summed E-state index contributed by atoms with van der Waals surface area (Å²) in [6, 6.07) is 5.32. The smallest absolute Gasteiger partial charge is 0.261 e. The number of benzene rings is 1. The van der Waals surface area contributed by atoms with E-state index in [1.165, 1.54) is 0 Å². The van der Waals surface area contributed by atoms with Crippen molar-refractivity contribution in [3.05, 3.63) is 39.7 Å². The van der Waals surface area contributed by atoms with Gasteiger partial charge in [-0.05, 0) is 18.6 Å². The average Bonchev–Trinajstić information content (AvgIpc) is 2.34. The number of hydrogen-bond donors (Lipinski definition) is 4. The molecular formula is C12H13N5O2. The molecule has 0 aliphatic rings. The van der Waals surface area contributed by atoms with Gasteiger partial charge in [0.05, 0.1) is 11.7 Å². The van der Waals surface area contributed by atoms with Gasteiger partial charge in [-0.15, -0.1) is 5.10 Å². The van der Waals surface area contributed by atoms with Gasteiger partial charge in [-0.1, -0.05) is 12.1 Å². The lowest BCUT2D eigenvalue weighted by atomic mass is 10.1. The number of fused-ring (bicyclic) bond motifs is 1. The van der Waals surface area contributed by atoms with Crippen LogP contribution in [0.3, 0.4) is 0 Å². The maximum atomic E-state index is 11.9. The van der Waals surface area contributed by atoms with Crippen LogP contribution >= 0.6 is 0 Å². The van der Waals surface area contributed by atoms with E-state index in [4.69, 9.17) is 11.5 Å². The Bertz CT molecular complexity index is 742. The lowest BCUT2D eigenvalue weighted by Gasteiger charge is -2.05. The van der Waals surface area contributed by atoms with Crippen LogP contribution in [0.25, 0.3) is 10.9 Å². The molecule has 1 heterocycles. The van der Waals surface area contributed by atoms with Crippen LogP contribution < -0.4 is 17.0 Å². The number of rotatable bonds is 2. The van der Waals surface area contributed by atoms with Gasteiger partial charge in [-0.3, -0.25) is 4.79 Å². The summed E-state index contributed by atoms with van der Waals surface area (Å²) in [7, 11) is 0. The average molecular weight is 259 g/mol. The second-order valence-corrected chi connectivity index (χ2v) is 3.98. The van der Waals surface area contributed by atoms with Gasteiger partial charge in [0.15, 0.2) is 0 Å². The Hall–Kier alpha value is -2.83. The Kier molecular flexibility index (Phi) is 3.19. The molecule has 2 aromatic rings. The molecule has 7 heteroatoms. The molecule has 19 heavy (non-hydrogen) atoms. The molecule has 0 amide bonds. The molecule has 0 aliphatic carbocycles. The second kappa shape index (κ2) is 4.81. The minimum Gasteiger partial charge on any atom is -0.506 e. The van der Waals surface area contributed by atoms with E-state index >= 15 is 0 Å². The van der Waals surface area contributed by atoms with E-state index in [1.807, 2.05) is 13.0 Å². The van der Waals surface area contributed by atoms with E-state index in [0.717, 1.165) is 11.8 Å². The van der Waals surface area contributed by atoms with Crippen molar-refractivity contribution in [2.24, 2.45) is 21.7 Å². The van der Waals surface area contributed by atoms with Crippen molar-refractivity contribution in [1.29, 1.82) is 0 Å². The first-order valence-corrected chi connectivity index (χ1v) is 5.47. The summed E-state index contributed by atoms with van der Waals surface area (Å²) in [5.41, 5.74) is 11.2. The summed E-state index contributed by atoms with van der Waals surface area (Å²) < 4.78 is 0. The molecule has 0 aliphatic heterocycles. The highest BCUT2D eigenvalue weighted by molar-refractivity contribution is 5.95. The van der Waals surface area contributed by atoms with Crippen LogP contribution in [0.4, 0.5) is 0 Å². The number of aromatic hydroxyl groups is 1. The Morgan fingerprint density at radius 2 is 2.16 bits per heavy atom. The number of aryl methyl sites for hydroxylation is 1. The number of nitrogens with one attached hydrogen (secondary N) is 1. The van der Waals surface area contributed by atoms with E-state index in [9.17, 15) is 9.90 Å². The summed E-state index contributed by atoms with van der Waals surface area (Å²) in [6.07, 6.45) is 1.11. The van der Waals surface area contributed by atoms with Crippen LogP contribution in [-0.4, -0.2) is 22.3 Å². The van der Waals surface area contributed by atoms with Crippen LogP contribution in [0.5, 0.6) is 5.75 Å². The molecule has 0 saturated carbocycles. The molecule has 0 radical (unpaired) electrons. The number of hydrogen-bond acceptors (Lipinski definition) is 4. The highest BCUT2D eigenvalue weighted by Gasteiger charge is 2.10. The lowest BCUT2D eigenvalue weighted by molar-refractivity contribution is 0.479. The number of pyridine rings is 1. The fourth-order valence-electron chi connectivity index (χ4n) is 1.74. The molecule has 0 bridgehead atoms. The van der Waals surface area contributed by atoms with Gasteiger partial charge in [-0.2, -0.15) is 5.10 Å². The molecule has 7 nitrogen and oxygen atoms in total. The number of aromatic nitrogens is 1. The summed E-state index contributed by atoms with van der Waals surface area (Å²) >= 11 is 0. The number of aromatic amines is 1. The largest absolute Gasteiger partial charge is 0.506 e. The van der Waals surface area contributed by atoms with Crippen LogP contribution in [0, 0.1) is 6.92 Å². The fraction of sp³-hybridized carbons (Fsp3) is 0.0833. The monoisotopic (exact) mass is 259 g/mol. The number of nitrogens with zero attached hydrogens (tertiary/aromatic N) is 2. The molecule has 0 spiro atoms. The second-order valence-electron chi connectivity index (χ2n) is 3.98. The Balaban J connectivity index is 2.67. The van der Waals surface area contributed by atoms with Crippen LogP contribution in [-0.2, 0) is 0 Å². The maximum Gasteiger partial charge on any atom is 0.261 e. The van der Waals surface area contributed by atoms with Crippen molar-refractivity contribution >= 4 is 23.1 Å². The van der Waals surface area contributed by atoms with Crippen molar-refractivity contribution in [2.45, 2.75) is 6.92 Å². The van der Waals surface area contributed by atoms with E-state index < -0.39 is 5.56 Å². The zero-order chi connectivity index (χ0) is 14.0. The zero-order valence-electron chi connectivity index (χ0n) is 10.2. The first-order valence-electron chi connectivity index (χ1n) is 5.47. The molecule has 6 N–H and O–H groups in total. The van der Waals surface area contributed by atoms with Gasteiger partial charge < -0.3 is 21.6 Å². The third-order valence-corrected chi connectivity index (χ3v) is 2.63. The Morgan fingerprint density at radius 1 is 1.42 bits per heavy atom. The molecule has 1 aromatic carbocycles. The summed E-state index contributed by atoms with van der Waals surface area (Å²) in [4.78, 5) is 14.6. The SMILES string of the molecule is Cc1cccc2c(O)c(/C=N/N=C(N)N)c(=O)[nH]c12. The topological polar surface area (TPSA) is 130 Å².